The molecule has 1 aromatic heterocycles. The van der Waals surface area contributed by atoms with Gasteiger partial charge < -0.3 is 5.32 Å². The molecule has 0 saturated heterocycles. The fourth-order valence-electron chi connectivity index (χ4n) is 2.57. The molecule has 0 radical (unpaired) electrons. The summed E-state index contributed by atoms with van der Waals surface area (Å²) in [5.74, 6) is 0.316. The Morgan fingerprint density at radius 3 is 2.71 bits per heavy atom. The van der Waals surface area contributed by atoms with Crippen molar-refractivity contribution in [1.29, 1.82) is 0 Å². The van der Waals surface area contributed by atoms with Gasteiger partial charge in [0.15, 0.2) is 0 Å². The molecule has 112 valence electrons. The monoisotopic (exact) mass is 346 g/mol. The van der Waals surface area contributed by atoms with Crippen LogP contribution in [0.2, 0.25) is 0 Å². The maximum Gasteiger partial charge on any atom is 0.0450 e. The first-order valence-electron chi connectivity index (χ1n) is 7.53. The number of nitrogens with zero attached hydrogens (tertiary/aromatic N) is 1. The van der Waals surface area contributed by atoms with Crippen molar-refractivity contribution in [3.05, 3.63) is 63.9 Å². The van der Waals surface area contributed by atoms with E-state index in [2.05, 4.69) is 77.3 Å². The lowest BCUT2D eigenvalue weighted by Crippen LogP contribution is -2.27. The summed E-state index contributed by atoms with van der Waals surface area (Å²) >= 11 is 3.70. The first-order chi connectivity index (χ1) is 10.1. The number of pyridine rings is 1. The normalized spacial score (nSPS) is 13.9. The molecule has 0 aliphatic carbocycles. The van der Waals surface area contributed by atoms with Crippen molar-refractivity contribution in [2.45, 2.75) is 39.2 Å². The molecule has 0 saturated carbocycles. The van der Waals surface area contributed by atoms with Gasteiger partial charge in [0.25, 0.3) is 0 Å². The van der Waals surface area contributed by atoms with Crippen LogP contribution in [0, 0.1) is 6.92 Å². The lowest BCUT2D eigenvalue weighted by molar-refractivity contribution is 0.458. The molecule has 1 heterocycles. The second-order valence-corrected chi connectivity index (χ2v) is 6.35. The van der Waals surface area contributed by atoms with E-state index in [1.165, 1.54) is 11.1 Å². The molecule has 0 aliphatic heterocycles. The lowest BCUT2D eigenvalue weighted by atomic mass is 9.90. The summed E-state index contributed by atoms with van der Waals surface area (Å²) in [6.07, 6.45) is 2.99. The summed E-state index contributed by atoms with van der Waals surface area (Å²) in [7, 11) is 0. The van der Waals surface area contributed by atoms with Crippen LogP contribution in [0.4, 0.5) is 0 Å². The molecular formula is C18H23BrN2. The molecular weight excluding hydrogens is 324 g/mol. The van der Waals surface area contributed by atoms with Gasteiger partial charge in [-0.25, -0.2) is 0 Å². The van der Waals surface area contributed by atoms with Crippen LogP contribution >= 0.6 is 15.9 Å². The Morgan fingerprint density at radius 1 is 1.24 bits per heavy atom. The summed E-state index contributed by atoms with van der Waals surface area (Å²) in [5.41, 5.74) is 3.71. The predicted octanol–water partition coefficient (Wildman–Crippen LogP) is 5.00. The number of halogens is 1. The number of aryl methyl sites for hydroxylation is 1. The summed E-state index contributed by atoms with van der Waals surface area (Å²) < 4.78 is 1.16. The summed E-state index contributed by atoms with van der Waals surface area (Å²) in [6, 6.07) is 12.9. The van der Waals surface area contributed by atoms with E-state index in [-0.39, 0.29) is 6.04 Å². The van der Waals surface area contributed by atoms with E-state index in [0.717, 1.165) is 23.1 Å². The SMILES string of the molecule is CCCNC(c1cc(C)ccc1Br)C(C)c1ccccn1. The first-order valence-corrected chi connectivity index (χ1v) is 8.33. The fourth-order valence-corrected chi connectivity index (χ4v) is 3.07. The van der Waals surface area contributed by atoms with Crippen LogP contribution in [0.5, 0.6) is 0 Å². The van der Waals surface area contributed by atoms with Crippen LogP contribution in [0.15, 0.2) is 47.1 Å². The summed E-state index contributed by atoms with van der Waals surface area (Å²) in [5, 5.41) is 3.68. The molecule has 2 unspecified atom stereocenters. The Labute approximate surface area is 136 Å². The molecule has 2 rings (SSSR count). The zero-order valence-corrected chi connectivity index (χ0v) is 14.5. The van der Waals surface area contributed by atoms with E-state index >= 15 is 0 Å². The second-order valence-electron chi connectivity index (χ2n) is 5.50. The maximum absolute atomic E-state index is 4.53. The molecule has 2 atom stereocenters. The Bertz CT molecular complexity index is 569. The van der Waals surface area contributed by atoms with Crippen LogP contribution in [0.3, 0.4) is 0 Å². The van der Waals surface area contributed by atoms with E-state index in [9.17, 15) is 0 Å². The van der Waals surface area contributed by atoms with E-state index in [1.54, 1.807) is 0 Å². The largest absolute Gasteiger partial charge is 0.309 e. The predicted molar refractivity (Wildman–Crippen MR) is 92.6 cm³/mol. The van der Waals surface area contributed by atoms with Gasteiger partial charge in [0.1, 0.15) is 0 Å². The highest BCUT2D eigenvalue weighted by Gasteiger charge is 2.23. The van der Waals surface area contributed by atoms with Crippen molar-refractivity contribution < 1.29 is 0 Å². The Morgan fingerprint density at radius 2 is 2.05 bits per heavy atom. The fraction of sp³-hybridized carbons (Fsp3) is 0.389. The highest BCUT2D eigenvalue weighted by Crippen LogP contribution is 2.34. The molecule has 0 bridgehead atoms. The minimum absolute atomic E-state index is 0.258. The van der Waals surface area contributed by atoms with Crippen molar-refractivity contribution in [3.63, 3.8) is 0 Å². The van der Waals surface area contributed by atoms with E-state index in [1.807, 2.05) is 12.3 Å². The van der Waals surface area contributed by atoms with Gasteiger partial charge >= 0.3 is 0 Å². The summed E-state index contributed by atoms with van der Waals surface area (Å²) in [4.78, 5) is 4.53. The van der Waals surface area contributed by atoms with E-state index in [4.69, 9.17) is 0 Å². The van der Waals surface area contributed by atoms with Crippen molar-refractivity contribution in [3.8, 4) is 0 Å². The smallest absolute Gasteiger partial charge is 0.0450 e. The number of benzene rings is 1. The zero-order chi connectivity index (χ0) is 15.2. The third-order valence-electron chi connectivity index (χ3n) is 3.76. The molecule has 0 spiro atoms. The highest BCUT2D eigenvalue weighted by atomic mass is 79.9. The molecule has 3 heteroatoms. The topological polar surface area (TPSA) is 24.9 Å². The first kappa shape index (κ1) is 16.2. The summed E-state index contributed by atoms with van der Waals surface area (Å²) in [6.45, 7) is 7.58. The van der Waals surface area contributed by atoms with Crippen LogP contribution in [0.25, 0.3) is 0 Å². The van der Waals surface area contributed by atoms with Gasteiger partial charge in [-0.1, -0.05) is 53.5 Å². The van der Waals surface area contributed by atoms with Gasteiger partial charge in [0, 0.05) is 28.3 Å². The molecule has 0 amide bonds. The maximum atomic E-state index is 4.53. The Balaban J connectivity index is 2.36. The minimum Gasteiger partial charge on any atom is -0.309 e. The molecule has 2 aromatic rings. The van der Waals surface area contributed by atoms with Gasteiger partial charge in [-0.2, -0.15) is 0 Å². The number of hydrogen-bond acceptors (Lipinski definition) is 2. The van der Waals surface area contributed by atoms with Crippen LogP contribution in [0.1, 0.15) is 49.0 Å². The highest BCUT2D eigenvalue weighted by molar-refractivity contribution is 9.10. The molecule has 1 N–H and O–H groups in total. The molecule has 2 nitrogen and oxygen atoms in total. The number of hydrogen-bond donors (Lipinski definition) is 1. The minimum atomic E-state index is 0.258. The average Bonchev–Trinajstić information content (AvgIpc) is 2.51. The van der Waals surface area contributed by atoms with Gasteiger partial charge in [0.2, 0.25) is 0 Å². The van der Waals surface area contributed by atoms with Crippen molar-refractivity contribution in [1.82, 2.24) is 10.3 Å². The third kappa shape index (κ3) is 4.14. The van der Waals surface area contributed by atoms with Crippen LogP contribution in [-0.4, -0.2) is 11.5 Å². The Kier molecular flexibility index (Phi) is 5.95. The van der Waals surface area contributed by atoms with Crippen molar-refractivity contribution in [2.24, 2.45) is 0 Å². The van der Waals surface area contributed by atoms with Crippen molar-refractivity contribution >= 4 is 15.9 Å². The molecule has 21 heavy (non-hydrogen) atoms. The van der Waals surface area contributed by atoms with Crippen LogP contribution < -0.4 is 5.32 Å². The van der Waals surface area contributed by atoms with Gasteiger partial charge in [-0.3, -0.25) is 4.98 Å². The third-order valence-corrected chi connectivity index (χ3v) is 4.48. The Hall–Kier alpha value is -1.19. The van der Waals surface area contributed by atoms with Gasteiger partial charge in [-0.15, -0.1) is 0 Å². The van der Waals surface area contributed by atoms with Gasteiger partial charge in [0.05, 0.1) is 0 Å². The molecule has 0 aliphatic rings. The molecule has 1 aromatic carbocycles. The number of rotatable bonds is 6. The zero-order valence-electron chi connectivity index (χ0n) is 12.9. The molecule has 0 fully saturated rings. The lowest BCUT2D eigenvalue weighted by Gasteiger charge is -2.26. The average molecular weight is 347 g/mol. The van der Waals surface area contributed by atoms with E-state index < -0.39 is 0 Å². The van der Waals surface area contributed by atoms with Gasteiger partial charge in [-0.05, 0) is 43.7 Å². The van der Waals surface area contributed by atoms with Crippen molar-refractivity contribution in [2.75, 3.05) is 6.54 Å². The second kappa shape index (κ2) is 7.71. The number of aromatic nitrogens is 1. The quantitative estimate of drug-likeness (QED) is 0.796. The van der Waals surface area contributed by atoms with Crippen LogP contribution in [-0.2, 0) is 0 Å². The number of nitrogens with one attached hydrogen (secondary N) is 1. The standard InChI is InChI=1S/C18H23BrN2/c1-4-10-21-18(14(3)17-7-5-6-11-20-17)15-12-13(2)8-9-16(15)19/h5-9,11-12,14,18,21H,4,10H2,1-3H3. The van der Waals surface area contributed by atoms with E-state index in [0.29, 0.717) is 5.92 Å².